The molecule has 8 nitrogen and oxygen atoms in total. The van der Waals surface area contributed by atoms with Crippen molar-refractivity contribution in [2.24, 2.45) is 17.6 Å². The molecule has 0 spiro atoms. The van der Waals surface area contributed by atoms with Crippen LogP contribution in [0.4, 0.5) is 26.3 Å². The first kappa shape index (κ1) is 27.8. The van der Waals surface area contributed by atoms with E-state index in [0.717, 1.165) is 25.0 Å². The lowest BCUT2D eigenvalue weighted by atomic mass is 9.82. The molecule has 1 aromatic carbocycles. The van der Waals surface area contributed by atoms with Crippen molar-refractivity contribution < 1.29 is 44.2 Å². The molecule has 0 aliphatic heterocycles. The molecule has 0 amide bonds. The van der Waals surface area contributed by atoms with Crippen LogP contribution in [0.5, 0.6) is 11.5 Å². The largest absolute Gasteiger partial charge is 0.484 e. The SMILES string of the molecule is N=C(N)NC[C@H]1CC[C@H](CNS(=O)(=O)c2cc(OCC(F)(F)F)ccc2OCC(F)(F)F)CC1. The number of nitrogens with two attached hydrogens (primary N) is 1. The molecular formula is C19H26F6N4O4S. The molecule has 0 aromatic heterocycles. The third-order valence-electron chi connectivity index (χ3n) is 5.11. The van der Waals surface area contributed by atoms with Crippen LogP contribution < -0.4 is 25.2 Å². The van der Waals surface area contributed by atoms with E-state index in [4.69, 9.17) is 11.1 Å². The van der Waals surface area contributed by atoms with E-state index in [9.17, 15) is 34.8 Å². The molecule has 34 heavy (non-hydrogen) atoms. The third-order valence-corrected chi connectivity index (χ3v) is 6.55. The van der Waals surface area contributed by atoms with Gasteiger partial charge in [-0.05, 0) is 49.7 Å². The minimum absolute atomic E-state index is 0.0124. The van der Waals surface area contributed by atoms with Crippen molar-refractivity contribution in [1.82, 2.24) is 10.0 Å². The van der Waals surface area contributed by atoms with E-state index >= 15 is 0 Å². The predicted molar refractivity (Wildman–Crippen MR) is 110 cm³/mol. The average Bonchev–Trinajstić information content (AvgIpc) is 2.73. The highest BCUT2D eigenvalue weighted by atomic mass is 32.2. The van der Waals surface area contributed by atoms with Crippen LogP contribution in [-0.4, -0.2) is 53.0 Å². The zero-order chi connectivity index (χ0) is 25.6. The first-order chi connectivity index (χ1) is 15.6. The van der Waals surface area contributed by atoms with Gasteiger partial charge in [-0.1, -0.05) is 0 Å². The van der Waals surface area contributed by atoms with Crippen molar-refractivity contribution in [2.45, 2.75) is 42.9 Å². The number of halogens is 6. The van der Waals surface area contributed by atoms with Gasteiger partial charge in [-0.3, -0.25) is 5.41 Å². The van der Waals surface area contributed by atoms with Crippen LogP contribution in [0, 0.1) is 17.2 Å². The van der Waals surface area contributed by atoms with Crippen LogP contribution in [0.3, 0.4) is 0 Å². The Morgan fingerprint density at radius 3 is 2.03 bits per heavy atom. The van der Waals surface area contributed by atoms with Crippen LogP contribution in [0.1, 0.15) is 25.7 Å². The molecule has 2 rings (SSSR count). The minimum Gasteiger partial charge on any atom is -0.484 e. The van der Waals surface area contributed by atoms with Gasteiger partial charge in [-0.2, -0.15) is 26.3 Å². The van der Waals surface area contributed by atoms with Gasteiger partial charge in [0, 0.05) is 19.2 Å². The number of rotatable bonds is 10. The van der Waals surface area contributed by atoms with Gasteiger partial charge < -0.3 is 20.5 Å². The number of guanidine groups is 1. The molecule has 0 bridgehead atoms. The Bertz CT molecular complexity index is 932. The van der Waals surface area contributed by atoms with Gasteiger partial charge in [0.15, 0.2) is 19.2 Å². The second-order valence-electron chi connectivity index (χ2n) is 7.95. The molecule has 194 valence electrons. The van der Waals surface area contributed by atoms with Crippen LogP contribution in [0.15, 0.2) is 23.1 Å². The van der Waals surface area contributed by atoms with E-state index < -0.39 is 52.0 Å². The van der Waals surface area contributed by atoms with Gasteiger partial charge in [0.1, 0.15) is 16.4 Å². The lowest BCUT2D eigenvalue weighted by Gasteiger charge is -2.28. The molecular weight excluding hydrogens is 494 g/mol. The number of hydrogen-bond acceptors (Lipinski definition) is 5. The molecule has 0 heterocycles. The first-order valence-corrected chi connectivity index (χ1v) is 11.7. The highest BCUT2D eigenvalue weighted by Crippen LogP contribution is 2.32. The molecule has 5 N–H and O–H groups in total. The van der Waals surface area contributed by atoms with Gasteiger partial charge in [0.2, 0.25) is 10.0 Å². The highest BCUT2D eigenvalue weighted by molar-refractivity contribution is 7.89. The second kappa shape index (κ2) is 11.3. The fraction of sp³-hybridized carbons (Fsp3) is 0.632. The van der Waals surface area contributed by atoms with Crippen molar-refractivity contribution in [3.63, 3.8) is 0 Å². The standard InChI is InChI=1S/C19H26F6N4O4S/c20-18(21,22)10-32-14-5-6-15(33-11-19(23,24)25)16(7-14)34(30,31)29-9-13-3-1-12(2-4-13)8-28-17(26)27/h5-7,12-13,29H,1-4,8-11H2,(H4,26,27,28)/t12-,13-. The number of sulfonamides is 1. The molecule has 0 radical (unpaired) electrons. The van der Waals surface area contributed by atoms with E-state index in [-0.39, 0.29) is 24.3 Å². The number of hydrogen-bond donors (Lipinski definition) is 4. The van der Waals surface area contributed by atoms with Crippen molar-refractivity contribution in [3.8, 4) is 11.5 Å². The Labute approximate surface area is 192 Å². The maximum absolute atomic E-state index is 12.8. The normalized spacial score (nSPS) is 19.5. The lowest BCUT2D eigenvalue weighted by molar-refractivity contribution is -0.154. The number of ether oxygens (including phenoxy) is 2. The summed E-state index contributed by atoms with van der Waals surface area (Å²) in [6.45, 7) is -2.97. The summed E-state index contributed by atoms with van der Waals surface area (Å²) in [5.41, 5.74) is 5.25. The van der Waals surface area contributed by atoms with Gasteiger partial charge in [0.25, 0.3) is 0 Å². The lowest BCUT2D eigenvalue weighted by Crippen LogP contribution is -2.37. The van der Waals surface area contributed by atoms with Crippen LogP contribution in [0.2, 0.25) is 0 Å². The molecule has 1 aliphatic rings. The van der Waals surface area contributed by atoms with E-state index in [1.165, 1.54) is 0 Å². The summed E-state index contributed by atoms with van der Waals surface area (Å²) < 4.78 is 112. The molecule has 1 aromatic rings. The van der Waals surface area contributed by atoms with Crippen molar-refractivity contribution in [1.29, 1.82) is 5.41 Å². The van der Waals surface area contributed by atoms with Gasteiger partial charge in [0.05, 0.1) is 0 Å². The van der Waals surface area contributed by atoms with E-state index in [0.29, 0.717) is 25.5 Å². The summed E-state index contributed by atoms with van der Waals surface area (Å²) >= 11 is 0. The Balaban J connectivity index is 2.08. The summed E-state index contributed by atoms with van der Waals surface area (Å²) in [4.78, 5) is -0.754. The Morgan fingerprint density at radius 2 is 1.50 bits per heavy atom. The fourth-order valence-electron chi connectivity index (χ4n) is 3.43. The Hall–Kier alpha value is -2.42. The number of alkyl halides is 6. The molecule has 0 atom stereocenters. The van der Waals surface area contributed by atoms with Gasteiger partial charge in [-0.25, -0.2) is 13.1 Å². The van der Waals surface area contributed by atoms with Crippen molar-refractivity contribution in [3.05, 3.63) is 18.2 Å². The average molecular weight is 520 g/mol. The maximum atomic E-state index is 12.8. The maximum Gasteiger partial charge on any atom is 0.422 e. The van der Waals surface area contributed by atoms with Crippen molar-refractivity contribution >= 4 is 16.0 Å². The summed E-state index contributed by atoms with van der Waals surface area (Å²) in [7, 11) is -4.43. The predicted octanol–water partition coefficient (Wildman–Crippen LogP) is 3.14. The highest BCUT2D eigenvalue weighted by Gasteiger charge is 2.32. The third kappa shape index (κ3) is 9.83. The molecule has 1 aliphatic carbocycles. The van der Waals surface area contributed by atoms with E-state index in [2.05, 4.69) is 19.5 Å². The Morgan fingerprint density at radius 1 is 0.971 bits per heavy atom. The topological polar surface area (TPSA) is 127 Å². The number of benzene rings is 1. The first-order valence-electron chi connectivity index (χ1n) is 10.3. The van der Waals surface area contributed by atoms with E-state index in [1.54, 1.807) is 0 Å². The molecule has 1 saturated carbocycles. The minimum atomic E-state index is -4.75. The van der Waals surface area contributed by atoms with Gasteiger partial charge in [-0.15, -0.1) is 0 Å². The smallest absolute Gasteiger partial charge is 0.422 e. The van der Waals surface area contributed by atoms with E-state index in [1.807, 2.05) is 0 Å². The zero-order valence-corrected chi connectivity index (χ0v) is 18.7. The number of nitrogens with one attached hydrogen (secondary N) is 3. The van der Waals surface area contributed by atoms with Gasteiger partial charge >= 0.3 is 12.4 Å². The molecule has 0 unspecified atom stereocenters. The molecule has 0 saturated heterocycles. The fourth-order valence-corrected chi connectivity index (χ4v) is 4.71. The molecule has 1 fully saturated rings. The van der Waals surface area contributed by atoms with Crippen molar-refractivity contribution in [2.75, 3.05) is 26.3 Å². The van der Waals surface area contributed by atoms with Crippen LogP contribution in [-0.2, 0) is 10.0 Å². The quantitative estimate of drug-likeness (QED) is 0.213. The summed E-state index contributed by atoms with van der Waals surface area (Å²) in [5.74, 6) is -1.08. The summed E-state index contributed by atoms with van der Waals surface area (Å²) in [5, 5.41) is 9.91. The van der Waals surface area contributed by atoms with Crippen LogP contribution >= 0.6 is 0 Å². The monoisotopic (exact) mass is 520 g/mol. The zero-order valence-electron chi connectivity index (χ0n) is 17.9. The summed E-state index contributed by atoms with van der Waals surface area (Å²) in [6.07, 6.45) is -6.60. The molecule has 15 heteroatoms. The summed E-state index contributed by atoms with van der Waals surface area (Å²) in [6, 6.07) is 2.41. The van der Waals surface area contributed by atoms with Crippen LogP contribution in [0.25, 0.3) is 0 Å². The second-order valence-corrected chi connectivity index (χ2v) is 9.68. The Kier molecular flexibility index (Phi) is 9.28.